The molecule has 1 fully saturated rings. The highest BCUT2D eigenvalue weighted by molar-refractivity contribution is 14.0. The largest absolute Gasteiger partial charge is 0.459 e. The Hall–Kier alpha value is -1.29. The maximum Gasteiger partial charge on any atom is 0.289 e. The molecule has 1 amide bonds. The van der Waals surface area contributed by atoms with Crippen molar-refractivity contribution in [2.24, 2.45) is 4.99 Å². The number of rotatable bonds is 6. The van der Waals surface area contributed by atoms with Crippen molar-refractivity contribution in [1.82, 2.24) is 15.1 Å². The number of ether oxygens (including phenoxy) is 1. The summed E-state index contributed by atoms with van der Waals surface area (Å²) in [4.78, 5) is 20.6. The van der Waals surface area contributed by atoms with Crippen molar-refractivity contribution in [3.63, 3.8) is 0 Å². The van der Waals surface area contributed by atoms with Crippen LogP contribution in [0.4, 0.5) is 0 Å². The van der Waals surface area contributed by atoms with Gasteiger partial charge in [-0.05, 0) is 32.4 Å². The molecule has 25 heavy (non-hydrogen) atoms. The number of piperazine rings is 1. The van der Waals surface area contributed by atoms with Crippen molar-refractivity contribution in [2.75, 3.05) is 46.4 Å². The molecular formula is C17H29IN4O3. The highest BCUT2D eigenvalue weighted by atomic mass is 127. The molecule has 0 bridgehead atoms. The molecule has 0 unspecified atom stereocenters. The minimum absolute atomic E-state index is 0. The lowest BCUT2D eigenvalue weighted by Crippen LogP contribution is -2.53. The van der Waals surface area contributed by atoms with E-state index in [0.717, 1.165) is 38.6 Å². The summed E-state index contributed by atoms with van der Waals surface area (Å²) >= 11 is 0. The number of nitrogens with one attached hydrogen (secondary N) is 1. The third-order valence-electron chi connectivity index (χ3n) is 3.87. The maximum atomic E-state index is 12.3. The van der Waals surface area contributed by atoms with Crippen molar-refractivity contribution in [3.05, 3.63) is 24.2 Å². The van der Waals surface area contributed by atoms with Crippen LogP contribution in [-0.4, -0.2) is 74.1 Å². The van der Waals surface area contributed by atoms with E-state index in [1.807, 2.05) is 18.7 Å². The smallest absolute Gasteiger partial charge is 0.289 e. The first kappa shape index (κ1) is 21.8. The van der Waals surface area contributed by atoms with Crippen LogP contribution < -0.4 is 5.32 Å². The molecule has 2 rings (SSSR count). The number of hydrogen-bond donors (Lipinski definition) is 1. The number of carbonyl (C=O) groups is 1. The number of nitrogens with zero attached hydrogens (tertiary/aromatic N) is 3. The third kappa shape index (κ3) is 6.85. The summed E-state index contributed by atoms with van der Waals surface area (Å²) in [6.07, 6.45) is 2.73. The van der Waals surface area contributed by atoms with Crippen molar-refractivity contribution in [1.29, 1.82) is 0 Å². The molecule has 142 valence electrons. The second-order valence-electron chi connectivity index (χ2n) is 6.00. The number of guanidine groups is 1. The number of aliphatic imine (C=N–C) groups is 1. The van der Waals surface area contributed by atoms with Gasteiger partial charge in [-0.2, -0.15) is 0 Å². The molecule has 0 saturated carbocycles. The van der Waals surface area contributed by atoms with Gasteiger partial charge in [-0.3, -0.25) is 9.79 Å². The standard InChI is InChI=1S/C17H28N4O3.HI/c1-14(2)23-13-5-7-19-17(18-3)21-10-8-20(9-11-21)16(22)15-6-4-12-24-15;/h4,6,12,14H,5,7-11,13H2,1-3H3,(H,18,19);1H. The van der Waals surface area contributed by atoms with Gasteiger partial charge in [0.2, 0.25) is 0 Å². The maximum absolute atomic E-state index is 12.3. The van der Waals surface area contributed by atoms with E-state index >= 15 is 0 Å². The van der Waals surface area contributed by atoms with Gasteiger partial charge < -0.3 is 24.3 Å². The van der Waals surface area contributed by atoms with Crippen LogP contribution in [0.15, 0.2) is 27.8 Å². The first-order valence-electron chi connectivity index (χ1n) is 8.51. The van der Waals surface area contributed by atoms with E-state index in [-0.39, 0.29) is 36.0 Å². The second-order valence-corrected chi connectivity index (χ2v) is 6.00. The summed E-state index contributed by atoms with van der Waals surface area (Å²) < 4.78 is 10.7. The molecule has 1 saturated heterocycles. The number of hydrogen-bond acceptors (Lipinski definition) is 4. The molecule has 1 aromatic rings. The van der Waals surface area contributed by atoms with Gasteiger partial charge in [0.05, 0.1) is 12.4 Å². The lowest BCUT2D eigenvalue weighted by atomic mass is 10.3. The Kier molecular flexibility index (Phi) is 9.88. The van der Waals surface area contributed by atoms with Crippen LogP contribution in [-0.2, 0) is 4.74 Å². The van der Waals surface area contributed by atoms with E-state index in [2.05, 4.69) is 15.2 Å². The molecule has 1 aliphatic rings. The number of amides is 1. The van der Waals surface area contributed by atoms with E-state index in [9.17, 15) is 4.79 Å². The molecule has 0 aromatic carbocycles. The monoisotopic (exact) mass is 464 g/mol. The van der Waals surface area contributed by atoms with Crippen LogP contribution in [0.2, 0.25) is 0 Å². The van der Waals surface area contributed by atoms with Crippen LogP contribution in [0.25, 0.3) is 0 Å². The Morgan fingerprint density at radius 2 is 2.00 bits per heavy atom. The number of carbonyl (C=O) groups excluding carboxylic acids is 1. The van der Waals surface area contributed by atoms with Gasteiger partial charge in [-0.15, -0.1) is 24.0 Å². The predicted molar refractivity (Wildman–Crippen MR) is 109 cm³/mol. The van der Waals surface area contributed by atoms with Gasteiger partial charge in [-0.1, -0.05) is 0 Å². The Morgan fingerprint density at radius 3 is 2.56 bits per heavy atom. The summed E-state index contributed by atoms with van der Waals surface area (Å²) in [6.45, 7) is 8.49. The van der Waals surface area contributed by atoms with Gasteiger partial charge in [-0.25, -0.2) is 0 Å². The highest BCUT2D eigenvalue weighted by Gasteiger charge is 2.24. The van der Waals surface area contributed by atoms with Gasteiger partial charge in [0.25, 0.3) is 5.91 Å². The molecule has 2 heterocycles. The topological polar surface area (TPSA) is 70.3 Å². The number of furan rings is 1. The molecular weight excluding hydrogens is 435 g/mol. The predicted octanol–water partition coefficient (Wildman–Crippen LogP) is 2.05. The lowest BCUT2D eigenvalue weighted by Gasteiger charge is -2.36. The SMILES string of the molecule is CN=C(NCCCOC(C)C)N1CCN(C(=O)c2ccco2)CC1.I. The zero-order valence-electron chi connectivity index (χ0n) is 15.2. The zero-order chi connectivity index (χ0) is 17.4. The fraction of sp³-hybridized carbons (Fsp3) is 0.647. The Morgan fingerprint density at radius 1 is 1.32 bits per heavy atom. The van der Waals surface area contributed by atoms with E-state index in [4.69, 9.17) is 9.15 Å². The number of halogens is 1. The van der Waals surface area contributed by atoms with Crippen molar-refractivity contribution >= 4 is 35.8 Å². The van der Waals surface area contributed by atoms with E-state index in [0.29, 0.717) is 18.8 Å². The average molecular weight is 464 g/mol. The minimum atomic E-state index is -0.0477. The molecule has 1 aromatic heterocycles. The van der Waals surface area contributed by atoms with Gasteiger partial charge in [0.1, 0.15) is 0 Å². The van der Waals surface area contributed by atoms with E-state index in [1.54, 1.807) is 19.2 Å². The molecule has 1 aliphatic heterocycles. The van der Waals surface area contributed by atoms with Gasteiger partial charge >= 0.3 is 0 Å². The zero-order valence-corrected chi connectivity index (χ0v) is 17.6. The Balaban J connectivity index is 0.00000312. The Bertz CT molecular complexity index is 526. The molecule has 0 aliphatic carbocycles. The van der Waals surface area contributed by atoms with Gasteiger partial charge in [0.15, 0.2) is 11.7 Å². The van der Waals surface area contributed by atoms with E-state index in [1.165, 1.54) is 6.26 Å². The fourth-order valence-corrected chi connectivity index (χ4v) is 2.60. The minimum Gasteiger partial charge on any atom is -0.459 e. The van der Waals surface area contributed by atoms with Crippen molar-refractivity contribution in [2.45, 2.75) is 26.4 Å². The Labute approximate surface area is 166 Å². The van der Waals surface area contributed by atoms with E-state index < -0.39 is 0 Å². The quantitative estimate of drug-likeness (QED) is 0.302. The van der Waals surface area contributed by atoms with Crippen molar-refractivity contribution in [3.8, 4) is 0 Å². The average Bonchev–Trinajstić information content (AvgIpc) is 3.12. The third-order valence-corrected chi connectivity index (χ3v) is 3.87. The summed E-state index contributed by atoms with van der Waals surface area (Å²) in [5, 5.41) is 3.36. The highest BCUT2D eigenvalue weighted by Crippen LogP contribution is 2.09. The van der Waals surface area contributed by atoms with Crippen LogP contribution in [0.5, 0.6) is 0 Å². The lowest BCUT2D eigenvalue weighted by molar-refractivity contribution is 0.0656. The van der Waals surface area contributed by atoms with Crippen LogP contribution in [0.3, 0.4) is 0 Å². The molecule has 0 spiro atoms. The first-order valence-corrected chi connectivity index (χ1v) is 8.51. The fourth-order valence-electron chi connectivity index (χ4n) is 2.60. The summed E-state index contributed by atoms with van der Waals surface area (Å²) in [7, 11) is 1.79. The van der Waals surface area contributed by atoms with Crippen LogP contribution in [0.1, 0.15) is 30.8 Å². The normalized spacial score (nSPS) is 15.3. The molecule has 8 heteroatoms. The van der Waals surface area contributed by atoms with Gasteiger partial charge in [0, 0.05) is 46.4 Å². The summed E-state index contributed by atoms with van der Waals surface area (Å²) in [6, 6.07) is 3.44. The molecule has 0 radical (unpaired) electrons. The van der Waals surface area contributed by atoms with Crippen LogP contribution >= 0.6 is 24.0 Å². The second kappa shape index (κ2) is 11.3. The molecule has 7 nitrogen and oxygen atoms in total. The first-order chi connectivity index (χ1) is 11.6. The molecule has 0 atom stereocenters. The van der Waals surface area contributed by atoms with Crippen LogP contribution in [0, 0.1) is 0 Å². The molecule has 1 N–H and O–H groups in total. The van der Waals surface area contributed by atoms with Crippen molar-refractivity contribution < 1.29 is 13.9 Å². The summed E-state index contributed by atoms with van der Waals surface area (Å²) in [5.74, 6) is 1.23. The summed E-state index contributed by atoms with van der Waals surface area (Å²) in [5.41, 5.74) is 0.